The van der Waals surface area contributed by atoms with Crippen LogP contribution in [0.1, 0.15) is 24.8 Å². The predicted molar refractivity (Wildman–Crippen MR) is 98.9 cm³/mol. The number of esters is 1. The Hall–Kier alpha value is -0.620. The Labute approximate surface area is 153 Å². The number of nitrogens with zero attached hydrogens (tertiary/aromatic N) is 1. The standard InChI is InChI=1S/C17H25BrN2O2.ClH/c1-22-17(21)7-9-20(13-15-5-3-8-19-11-15)12-14-4-2-6-16(18)10-14;/h2,4,6,10,15,19H,3,5,7-9,11-13H2,1H3;1H. The van der Waals surface area contributed by atoms with Gasteiger partial charge in [0.05, 0.1) is 13.5 Å². The molecule has 0 spiro atoms. The fourth-order valence-electron chi connectivity index (χ4n) is 2.92. The molecule has 1 atom stereocenters. The molecule has 1 heterocycles. The maximum absolute atomic E-state index is 11.4. The first-order valence-corrected chi connectivity index (χ1v) is 8.71. The van der Waals surface area contributed by atoms with E-state index in [4.69, 9.17) is 4.74 Å². The van der Waals surface area contributed by atoms with Gasteiger partial charge < -0.3 is 10.1 Å². The number of carbonyl (C=O) groups excluding carboxylic acids is 1. The molecule has 0 aliphatic carbocycles. The molecule has 0 saturated carbocycles. The number of rotatable bonds is 7. The number of carbonyl (C=O) groups is 1. The summed E-state index contributed by atoms with van der Waals surface area (Å²) < 4.78 is 5.87. The Morgan fingerprint density at radius 2 is 2.30 bits per heavy atom. The largest absolute Gasteiger partial charge is 0.469 e. The van der Waals surface area contributed by atoms with Crippen LogP contribution in [0.4, 0.5) is 0 Å². The number of benzene rings is 1. The Kier molecular flexibility index (Phi) is 9.79. The van der Waals surface area contributed by atoms with Gasteiger partial charge in [0.15, 0.2) is 0 Å². The van der Waals surface area contributed by atoms with Gasteiger partial charge in [0.1, 0.15) is 0 Å². The van der Waals surface area contributed by atoms with E-state index in [1.807, 2.05) is 6.07 Å². The minimum Gasteiger partial charge on any atom is -0.469 e. The molecule has 4 nitrogen and oxygen atoms in total. The number of ether oxygens (including phenoxy) is 1. The van der Waals surface area contributed by atoms with Gasteiger partial charge in [0.2, 0.25) is 0 Å². The third-order valence-electron chi connectivity index (χ3n) is 4.07. The summed E-state index contributed by atoms with van der Waals surface area (Å²) in [6, 6.07) is 8.37. The van der Waals surface area contributed by atoms with Gasteiger partial charge in [-0.25, -0.2) is 0 Å². The minimum absolute atomic E-state index is 0. The van der Waals surface area contributed by atoms with E-state index in [0.29, 0.717) is 12.3 Å². The number of nitrogens with one attached hydrogen (secondary N) is 1. The third-order valence-corrected chi connectivity index (χ3v) is 4.56. The summed E-state index contributed by atoms with van der Waals surface area (Å²) >= 11 is 3.52. The second-order valence-corrected chi connectivity index (χ2v) is 6.82. The van der Waals surface area contributed by atoms with Crippen molar-refractivity contribution in [3.05, 3.63) is 34.3 Å². The summed E-state index contributed by atoms with van der Waals surface area (Å²) in [5.41, 5.74) is 1.27. The molecular formula is C17H26BrClN2O2. The van der Waals surface area contributed by atoms with Crippen LogP contribution in [-0.4, -0.2) is 44.2 Å². The van der Waals surface area contributed by atoms with E-state index >= 15 is 0 Å². The molecule has 1 saturated heterocycles. The van der Waals surface area contributed by atoms with Gasteiger partial charge in [-0.2, -0.15) is 0 Å². The van der Waals surface area contributed by atoms with Crippen LogP contribution < -0.4 is 5.32 Å². The molecule has 0 radical (unpaired) electrons. The van der Waals surface area contributed by atoms with E-state index in [1.54, 1.807) is 0 Å². The highest BCUT2D eigenvalue weighted by Crippen LogP contribution is 2.17. The van der Waals surface area contributed by atoms with Crippen LogP contribution in [0.5, 0.6) is 0 Å². The molecule has 130 valence electrons. The molecule has 6 heteroatoms. The lowest BCUT2D eigenvalue weighted by Gasteiger charge is -2.30. The highest BCUT2D eigenvalue weighted by atomic mass is 79.9. The van der Waals surface area contributed by atoms with Crippen molar-refractivity contribution in [1.82, 2.24) is 10.2 Å². The predicted octanol–water partition coefficient (Wildman–Crippen LogP) is 3.24. The van der Waals surface area contributed by atoms with Crippen LogP contribution in [0.25, 0.3) is 0 Å². The first-order valence-electron chi connectivity index (χ1n) is 7.91. The molecule has 0 amide bonds. The van der Waals surface area contributed by atoms with Crippen molar-refractivity contribution < 1.29 is 9.53 Å². The summed E-state index contributed by atoms with van der Waals surface area (Å²) in [4.78, 5) is 13.8. The van der Waals surface area contributed by atoms with Gasteiger partial charge in [0.25, 0.3) is 0 Å². The first kappa shape index (κ1) is 20.4. The molecule has 1 aliphatic rings. The Morgan fingerprint density at radius 3 is 2.96 bits per heavy atom. The van der Waals surface area contributed by atoms with E-state index in [2.05, 4.69) is 44.3 Å². The van der Waals surface area contributed by atoms with Crippen molar-refractivity contribution in [2.45, 2.75) is 25.8 Å². The van der Waals surface area contributed by atoms with Crippen LogP contribution in [0, 0.1) is 5.92 Å². The number of piperidine rings is 1. The smallest absolute Gasteiger partial charge is 0.306 e. The second kappa shape index (κ2) is 11.0. The average Bonchev–Trinajstić information content (AvgIpc) is 2.53. The molecule has 2 rings (SSSR count). The molecule has 1 N–H and O–H groups in total. The molecule has 0 aromatic heterocycles. The zero-order valence-electron chi connectivity index (χ0n) is 13.6. The normalized spacial score (nSPS) is 17.6. The minimum atomic E-state index is -0.138. The maximum atomic E-state index is 11.4. The summed E-state index contributed by atoms with van der Waals surface area (Å²) in [5.74, 6) is 0.527. The zero-order chi connectivity index (χ0) is 15.8. The van der Waals surface area contributed by atoms with Crippen molar-refractivity contribution in [2.24, 2.45) is 5.92 Å². The van der Waals surface area contributed by atoms with E-state index in [9.17, 15) is 4.79 Å². The van der Waals surface area contributed by atoms with Crippen molar-refractivity contribution in [2.75, 3.05) is 33.3 Å². The van der Waals surface area contributed by atoms with Crippen LogP contribution in [0.15, 0.2) is 28.7 Å². The molecule has 0 bridgehead atoms. The fourth-order valence-corrected chi connectivity index (χ4v) is 3.37. The molecule has 1 unspecified atom stereocenters. The Bertz CT molecular complexity index is 481. The van der Waals surface area contributed by atoms with Crippen molar-refractivity contribution in [1.29, 1.82) is 0 Å². The Morgan fingerprint density at radius 1 is 1.48 bits per heavy atom. The molecule has 23 heavy (non-hydrogen) atoms. The third kappa shape index (κ3) is 7.66. The second-order valence-electron chi connectivity index (χ2n) is 5.90. The quantitative estimate of drug-likeness (QED) is 0.707. The van der Waals surface area contributed by atoms with E-state index in [-0.39, 0.29) is 18.4 Å². The van der Waals surface area contributed by atoms with E-state index < -0.39 is 0 Å². The van der Waals surface area contributed by atoms with Gasteiger partial charge >= 0.3 is 5.97 Å². The molecule has 1 aromatic carbocycles. The highest BCUT2D eigenvalue weighted by Gasteiger charge is 2.18. The van der Waals surface area contributed by atoms with Crippen LogP contribution in [0.2, 0.25) is 0 Å². The van der Waals surface area contributed by atoms with Crippen LogP contribution >= 0.6 is 28.3 Å². The maximum Gasteiger partial charge on any atom is 0.306 e. The lowest BCUT2D eigenvalue weighted by atomic mass is 9.98. The first-order chi connectivity index (χ1) is 10.7. The lowest BCUT2D eigenvalue weighted by Crippen LogP contribution is -2.38. The fraction of sp³-hybridized carbons (Fsp3) is 0.588. The van der Waals surface area contributed by atoms with Crippen molar-refractivity contribution >= 4 is 34.3 Å². The van der Waals surface area contributed by atoms with Gasteiger partial charge in [-0.05, 0) is 49.5 Å². The number of hydrogen-bond donors (Lipinski definition) is 1. The number of methoxy groups -OCH3 is 1. The van der Waals surface area contributed by atoms with Gasteiger partial charge in [-0.1, -0.05) is 28.1 Å². The zero-order valence-corrected chi connectivity index (χ0v) is 16.0. The SMILES string of the molecule is COC(=O)CCN(Cc1cccc(Br)c1)CC1CCCNC1.Cl. The van der Waals surface area contributed by atoms with E-state index in [0.717, 1.165) is 37.2 Å². The molecular weight excluding hydrogens is 380 g/mol. The summed E-state index contributed by atoms with van der Waals surface area (Å²) in [6.45, 7) is 4.84. The van der Waals surface area contributed by atoms with Gasteiger partial charge in [-0.15, -0.1) is 12.4 Å². The van der Waals surface area contributed by atoms with E-state index in [1.165, 1.54) is 25.5 Å². The Balaban J connectivity index is 0.00000264. The summed E-state index contributed by atoms with van der Waals surface area (Å²) in [5, 5.41) is 3.46. The van der Waals surface area contributed by atoms with Crippen LogP contribution in [0.3, 0.4) is 0 Å². The lowest BCUT2D eigenvalue weighted by molar-refractivity contribution is -0.141. The van der Waals surface area contributed by atoms with Crippen molar-refractivity contribution in [3.63, 3.8) is 0 Å². The molecule has 1 aliphatic heterocycles. The monoisotopic (exact) mass is 404 g/mol. The number of hydrogen-bond acceptors (Lipinski definition) is 4. The topological polar surface area (TPSA) is 41.6 Å². The van der Waals surface area contributed by atoms with Crippen LogP contribution in [-0.2, 0) is 16.1 Å². The molecule has 1 fully saturated rings. The molecule has 1 aromatic rings. The summed E-state index contributed by atoms with van der Waals surface area (Å²) in [7, 11) is 1.45. The van der Waals surface area contributed by atoms with Gasteiger partial charge in [-0.3, -0.25) is 9.69 Å². The van der Waals surface area contributed by atoms with Gasteiger partial charge in [0, 0.05) is 24.1 Å². The van der Waals surface area contributed by atoms with Crippen molar-refractivity contribution in [3.8, 4) is 0 Å². The number of halogens is 2. The summed E-state index contributed by atoms with van der Waals surface area (Å²) in [6.07, 6.45) is 2.96. The average molecular weight is 406 g/mol. The highest BCUT2D eigenvalue weighted by molar-refractivity contribution is 9.10.